The number of benzene rings is 1. The van der Waals surface area contributed by atoms with Crippen LogP contribution < -0.4 is 5.32 Å². The van der Waals surface area contributed by atoms with Crippen molar-refractivity contribution in [3.05, 3.63) is 66.7 Å². The molecule has 104 valence electrons. The van der Waals surface area contributed by atoms with E-state index in [4.69, 9.17) is 0 Å². The summed E-state index contributed by atoms with van der Waals surface area (Å²) in [6.07, 6.45) is 6.63. The van der Waals surface area contributed by atoms with Crippen molar-refractivity contribution in [2.24, 2.45) is 0 Å². The first-order valence-corrected chi connectivity index (χ1v) is 6.28. The van der Waals surface area contributed by atoms with Gasteiger partial charge in [0.2, 0.25) is 0 Å². The van der Waals surface area contributed by atoms with E-state index in [1.165, 1.54) is 12.1 Å². The number of nitrogens with one attached hydrogen (secondary N) is 1. The second-order valence-electron chi connectivity index (χ2n) is 4.38. The molecule has 21 heavy (non-hydrogen) atoms. The lowest BCUT2D eigenvalue weighted by Crippen LogP contribution is -2.11. The Hall–Kier alpha value is -3.15. The zero-order chi connectivity index (χ0) is 14.7. The highest BCUT2D eigenvalue weighted by Gasteiger charge is 2.08. The molecular weight excluding hydrogens is 268 g/mol. The molecule has 1 aromatic carbocycles. The van der Waals surface area contributed by atoms with Crippen LogP contribution in [0.2, 0.25) is 0 Å². The van der Waals surface area contributed by atoms with Crippen LogP contribution in [0, 0.1) is 0 Å². The summed E-state index contributed by atoms with van der Waals surface area (Å²) in [5, 5.41) is 16.1. The van der Waals surface area contributed by atoms with Gasteiger partial charge in [0, 0.05) is 18.0 Å². The minimum absolute atomic E-state index is 0.122. The Balaban J connectivity index is 1.75. The third-order valence-electron chi connectivity index (χ3n) is 2.90. The van der Waals surface area contributed by atoms with Crippen LogP contribution in [0.5, 0.6) is 5.75 Å². The predicted molar refractivity (Wildman–Crippen MR) is 77.4 cm³/mol. The maximum atomic E-state index is 12.0. The molecule has 2 N–H and O–H groups in total. The third kappa shape index (κ3) is 2.89. The van der Waals surface area contributed by atoms with Crippen LogP contribution in [0.15, 0.2) is 61.2 Å². The Morgan fingerprint density at radius 2 is 1.81 bits per heavy atom. The minimum atomic E-state index is -0.260. The Morgan fingerprint density at radius 3 is 2.52 bits per heavy atom. The number of pyridine rings is 1. The monoisotopic (exact) mass is 280 g/mol. The van der Waals surface area contributed by atoms with Crippen LogP contribution in [0.4, 0.5) is 5.69 Å². The SMILES string of the molecule is O=C(Nc1cnn(-c2ccncc2)c1)c1ccc(O)cc1. The summed E-state index contributed by atoms with van der Waals surface area (Å²) in [4.78, 5) is 16.0. The second-order valence-corrected chi connectivity index (χ2v) is 4.38. The maximum Gasteiger partial charge on any atom is 0.255 e. The van der Waals surface area contributed by atoms with E-state index in [0.29, 0.717) is 11.3 Å². The van der Waals surface area contributed by atoms with Crippen molar-refractivity contribution in [1.82, 2.24) is 14.8 Å². The summed E-state index contributed by atoms with van der Waals surface area (Å²) in [7, 11) is 0. The zero-order valence-corrected chi connectivity index (χ0v) is 11.0. The van der Waals surface area contributed by atoms with E-state index < -0.39 is 0 Å². The first kappa shape index (κ1) is 12.9. The minimum Gasteiger partial charge on any atom is -0.508 e. The molecule has 0 bridgehead atoms. The molecule has 0 atom stereocenters. The third-order valence-corrected chi connectivity index (χ3v) is 2.90. The van der Waals surface area contributed by atoms with Gasteiger partial charge >= 0.3 is 0 Å². The van der Waals surface area contributed by atoms with E-state index in [1.807, 2.05) is 12.1 Å². The highest BCUT2D eigenvalue weighted by molar-refractivity contribution is 6.04. The van der Waals surface area contributed by atoms with Crippen molar-refractivity contribution in [2.75, 3.05) is 5.32 Å². The fourth-order valence-corrected chi connectivity index (χ4v) is 1.84. The molecule has 0 radical (unpaired) electrons. The summed E-state index contributed by atoms with van der Waals surface area (Å²) in [5.74, 6) is -0.138. The summed E-state index contributed by atoms with van der Waals surface area (Å²) in [6.45, 7) is 0. The van der Waals surface area contributed by atoms with Crippen molar-refractivity contribution < 1.29 is 9.90 Å². The number of anilines is 1. The number of phenolic OH excluding ortho intramolecular Hbond substituents is 1. The van der Waals surface area contributed by atoms with Gasteiger partial charge in [0.05, 0.1) is 23.8 Å². The standard InChI is InChI=1S/C15H12N4O2/c20-14-3-1-11(2-4-14)15(21)18-12-9-17-19(10-12)13-5-7-16-8-6-13/h1-10,20H,(H,18,21). The van der Waals surface area contributed by atoms with Gasteiger partial charge < -0.3 is 10.4 Å². The van der Waals surface area contributed by atoms with Crippen molar-refractivity contribution in [1.29, 1.82) is 0 Å². The van der Waals surface area contributed by atoms with Crippen LogP contribution in [0.25, 0.3) is 5.69 Å². The molecule has 0 fully saturated rings. The smallest absolute Gasteiger partial charge is 0.255 e. The van der Waals surface area contributed by atoms with Gasteiger partial charge in [0.15, 0.2) is 0 Å². The van der Waals surface area contributed by atoms with Crippen molar-refractivity contribution in [3.8, 4) is 11.4 Å². The Morgan fingerprint density at radius 1 is 1.10 bits per heavy atom. The molecule has 3 rings (SSSR count). The van der Waals surface area contributed by atoms with Crippen molar-refractivity contribution >= 4 is 11.6 Å². The molecule has 0 saturated heterocycles. The lowest BCUT2D eigenvalue weighted by molar-refractivity contribution is 0.102. The summed E-state index contributed by atoms with van der Waals surface area (Å²) in [6, 6.07) is 9.68. The van der Waals surface area contributed by atoms with E-state index in [9.17, 15) is 9.90 Å². The van der Waals surface area contributed by atoms with Crippen molar-refractivity contribution in [2.45, 2.75) is 0 Å². The van der Waals surface area contributed by atoms with Crippen molar-refractivity contribution in [3.63, 3.8) is 0 Å². The molecular formula is C15H12N4O2. The molecule has 0 aliphatic rings. The number of aromatic hydroxyl groups is 1. The molecule has 0 aliphatic carbocycles. The van der Waals surface area contributed by atoms with Crippen LogP contribution in [-0.4, -0.2) is 25.8 Å². The zero-order valence-electron chi connectivity index (χ0n) is 11.0. The molecule has 3 aromatic rings. The van der Waals surface area contributed by atoms with E-state index in [0.717, 1.165) is 5.69 Å². The van der Waals surface area contributed by atoms with E-state index in [2.05, 4.69) is 15.4 Å². The van der Waals surface area contributed by atoms with Gasteiger partial charge in [-0.15, -0.1) is 0 Å². The van der Waals surface area contributed by atoms with Gasteiger partial charge in [-0.3, -0.25) is 9.78 Å². The first-order chi connectivity index (χ1) is 10.2. The number of carbonyl (C=O) groups is 1. The van der Waals surface area contributed by atoms with Gasteiger partial charge in [-0.1, -0.05) is 0 Å². The molecule has 6 heteroatoms. The fourth-order valence-electron chi connectivity index (χ4n) is 1.84. The van der Waals surface area contributed by atoms with E-state index in [-0.39, 0.29) is 11.7 Å². The van der Waals surface area contributed by atoms with E-state index in [1.54, 1.807) is 41.6 Å². The molecule has 2 aromatic heterocycles. The first-order valence-electron chi connectivity index (χ1n) is 6.28. The predicted octanol–water partition coefficient (Wildman–Crippen LogP) is 2.23. The number of hydrogen-bond donors (Lipinski definition) is 2. The molecule has 0 unspecified atom stereocenters. The number of hydrogen-bond acceptors (Lipinski definition) is 4. The number of nitrogens with zero attached hydrogens (tertiary/aromatic N) is 3. The molecule has 1 amide bonds. The molecule has 0 spiro atoms. The fraction of sp³-hybridized carbons (Fsp3) is 0. The molecule has 6 nitrogen and oxygen atoms in total. The average Bonchev–Trinajstić information content (AvgIpc) is 2.97. The van der Waals surface area contributed by atoms with Gasteiger partial charge in [0.1, 0.15) is 5.75 Å². The Kier molecular flexibility index (Phi) is 3.34. The van der Waals surface area contributed by atoms with Crippen LogP contribution in [0.3, 0.4) is 0 Å². The number of aromatic nitrogens is 3. The maximum absolute atomic E-state index is 12.0. The molecule has 2 heterocycles. The van der Waals surface area contributed by atoms with Gasteiger partial charge in [-0.05, 0) is 36.4 Å². The lowest BCUT2D eigenvalue weighted by atomic mass is 10.2. The van der Waals surface area contributed by atoms with Gasteiger partial charge in [0.25, 0.3) is 5.91 Å². The number of rotatable bonds is 3. The summed E-state index contributed by atoms with van der Waals surface area (Å²) >= 11 is 0. The van der Waals surface area contributed by atoms with Gasteiger partial charge in [-0.2, -0.15) is 5.10 Å². The molecule has 0 aliphatic heterocycles. The van der Waals surface area contributed by atoms with E-state index >= 15 is 0 Å². The van der Waals surface area contributed by atoms with Crippen LogP contribution >= 0.6 is 0 Å². The summed E-state index contributed by atoms with van der Waals surface area (Å²) in [5.41, 5.74) is 1.91. The van der Waals surface area contributed by atoms with Crippen LogP contribution in [-0.2, 0) is 0 Å². The quantitative estimate of drug-likeness (QED) is 0.771. The average molecular weight is 280 g/mol. The highest BCUT2D eigenvalue weighted by atomic mass is 16.3. The topological polar surface area (TPSA) is 80.0 Å². The molecule has 0 saturated carbocycles. The summed E-state index contributed by atoms with van der Waals surface area (Å²) < 4.78 is 1.65. The normalized spacial score (nSPS) is 10.3. The Labute approximate surface area is 120 Å². The largest absolute Gasteiger partial charge is 0.508 e. The highest BCUT2D eigenvalue weighted by Crippen LogP contribution is 2.14. The lowest BCUT2D eigenvalue weighted by Gasteiger charge is -2.02. The number of phenols is 1. The van der Waals surface area contributed by atoms with Crippen LogP contribution in [0.1, 0.15) is 10.4 Å². The number of carbonyl (C=O) groups excluding carboxylic acids is 1. The van der Waals surface area contributed by atoms with Gasteiger partial charge in [-0.25, -0.2) is 4.68 Å². The Bertz CT molecular complexity index is 751. The second kappa shape index (κ2) is 5.46. The number of amides is 1.